The summed E-state index contributed by atoms with van der Waals surface area (Å²) in [6.45, 7) is 2.69. The molecule has 2 amide bonds. The highest BCUT2D eigenvalue weighted by Crippen LogP contribution is 2.38. The van der Waals surface area contributed by atoms with Crippen molar-refractivity contribution < 1.29 is 14.0 Å². The Labute approximate surface area is 165 Å². The van der Waals surface area contributed by atoms with Crippen molar-refractivity contribution in [2.75, 3.05) is 26.2 Å². The number of likely N-dealkylation sites (tertiary alicyclic amines) is 2. The number of rotatable bonds is 2. The number of nitrogens with two attached hydrogens (primary N) is 1. The lowest BCUT2D eigenvalue weighted by Gasteiger charge is -2.34. The van der Waals surface area contributed by atoms with E-state index in [0.29, 0.717) is 30.5 Å². The van der Waals surface area contributed by atoms with Gasteiger partial charge in [0.05, 0.1) is 5.92 Å². The Morgan fingerprint density at radius 3 is 2.44 bits per heavy atom. The molecule has 27 heavy (non-hydrogen) atoms. The molecule has 3 aliphatic rings. The monoisotopic (exact) mass is 395 g/mol. The van der Waals surface area contributed by atoms with Crippen molar-refractivity contribution in [3.8, 4) is 0 Å². The molecule has 1 aromatic rings. The van der Waals surface area contributed by atoms with E-state index < -0.39 is 0 Å². The van der Waals surface area contributed by atoms with E-state index in [1.807, 2.05) is 4.90 Å². The van der Waals surface area contributed by atoms with Crippen LogP contribution in [0.15, 0.2) is 24.3 Å². The number of hydrogen-bond acceptors (Lipinski definition) is 3. The molecule has 0 spiro atoms. The fourth-order valence-electron chi connectivity index (χ4n) is 4.88. The first-order valence-electron chi connectivity index (χ1n) is 9.62. The van der Waals surface area contributed by atoms with E-state index in [-0.39, 0.29) is 42.0 Å². The summed E-state index contributed by atoms with van der Waals surface area (Å²) < 4.78 is 13.1. The van der Waals surface area contributed by atoms with Crippen LogP contribution in [0.5, 0.6) is 0 Å². The van der Waals surface area contributed by atoms with E-state index in [0.717, 1.165) is 38.8 Å². The minimum Gasteiger partial charge on any atom is -0.342 e. The van der Waals surface area contributed by atoms with Crippen molar-refractivity contribution in [3.05, 3.63) is 35.6 Å². The van der Waals surface area contributed by atoms with Gasteiger partial charge in [-0.05, 0) is 61.8 Å². The molecule has 2 heterocycles. The Hall–Kier alpha value is -1.66. The van der Waals surface area contributed by atoms with Crippen LogP contribution in [0.3, 0.4) is 0 Å². The van der Waals surface area contributed by atoms with E-state index in [1.54, 1.807) is 4.90 Å². The molecular weight excluding hydrogens is 369 g/mol. The lowest BCUT2D eigenvalue weighted by molar-refractivity contribution is -0.136. The van der Waals surface area contributed by atoms with Gasteiger partial charge in [0.1, 0.15) is 5.82 Å². The van der Waals surface area contributed by atoms with Crippen LogP contribution in [0, 0.1) is 23.6 Å². The fraction of sp³-hybridized carbons (Fsp3) is 0.600. The smallest absolute Gasteiger partial charge is 0.253 e. The van der Waals surface area contributed by atoms with Crippen molar-refractivity contribution in [1.82, 2.24) is 9.80 Å². The van der Waals surface area contributed by atoms with Gasteiger partial charge in [0.25, 0.3) is 5.91 Å². The predicted molar refractivity (Wildman–Crippen MR) is 103 cm³/mol. The van der Waals surface area contributed by atoms with Crippen molar-refractivity contribution in [2.45, 2.75) is 31.7 Å². The third-order valence-electron chi connectivity index (χ3n) is 6.37. The normalized spacial score (nSPS) is 30.0. The van der Waals surface area contributed by atoms with Crippen molar-refractivity contribution in [3.63, 3.8) is 0 Å². The molecular formula is C20H27ClFN3O2. The van der Waals surface area contributed by atoms with E-state index in [2.05, 4.69) is 0 Å². The zero-order chi connectivity index (χ0) is 18.3. The van der Waals surface area contributed by atoms with Crippen molar-refractivity contribution in [2.24, 2.45) is 23.5 Å². The molecule has 0 aromatic heterocycles. The average Bonchev–Trinajstić information content (AvgIpc) is 3.23. The summed E-state index contributed by atoms with van der Waals surface area (Å²) in [5.41, 5.74) is 6.65. The third kappa shape index (κ3) is 3.97. The Morgan fingerprint density at radius 1 is 1.00 bits per heavy atom. The molecule has 1 aromatic carbocycles. The lowest BCUT2D eigenvalue weighted by Crippen LogP contribution is -2.46. The fourth-order valence-corrected chi connectivity index (χ4v) is 4.88. The number of amides is 2. The Balaban J connectivity index is 0.00000210. The van der Waals surface area contributed by atoms with Gasteiger partial charge in [-0.1, -0.05) is 0 Å². The number of nitrogens with zero attached hydrogens (tertiary/aromatic N) is 2. The predicted octanol–water partition coefficient (Wildman–Crippen LogP) is 2.30. The third-order valence-corrected chi connectivity index (χ3v) is 6.37. The highest BCUT2D eigenvalue weighted by atomic mass is 35.5. The molecule has 4 rings (SSSR count). The first kappa shape index (κ1) is 20.1. The van der Waals surface area contributed by atoms with Crippen LogP contribution in [0.2, 0.25) is 0 Å². The van der Waals surface area contributed by atoms with Crippen molar-refractivity contribution in [1.29, 1.82) is 0 Å². The highest BCUT2D eigenvalue weighted by Gasteiger charge is 2.44. The van der Waals surface area contributed by atoms with Gasteiger partial charge in [-0.2, -0.15) is 0 Å². The van der Waals surface area contributed by atoms with E-state index in [9.17, 15) is 14.0 Å². The average molecular weight is 396 g/mol. The van der Waals surface area contributed by atoms with E-state index in [1.165, 1.54) is 24.3 Å². The molecule has 3 fully saturated rings. The van der Waals surface area contributed by atoms with Gasteiger partial charge in [-0.3, -0.25) is 9.59 Å². The van der Waals surface area contributed by atoms with Crippen molar-refractivity contribution >= 4 is 24.2 Å². The first-order valence-corrected chi connectivity index (χ1v) is 9.62. The second-order valence-corrected chi connectivity index (χ2v) is 8.01. The zero-order valence-electron chi connectivity index (χ0n) is 15.4. The number of piperidine rings is 1. The number of halogens is 2. The van der Waals surface area contributed by atoms with E-state index >= 15 is 0 Å². The summed E-state index contributed by atoms with van der Waals surface area (Å²) in [4.78, 5) is 29.4. The van der Waals surface area contributed by atoms with Gasteiger partial charge in [0.2, 0.25) is 5.91 Å². The number of hydrogen-bond donors (Lipinski definition) is 1. The maximum atomic E-state index is 13.1. The number of carbonyl (C=O) groups is 2. The molecule has 7 heteroatoms. The lowest BCUT2D eigenvalue weighted by atomic mass is 9.95. The minimum atomic E-state index is -0.356. The molecule has 4 unspecified atom stereocenters. The largest absolute Gasteiger partial charge is 0.342 e. The van der Waals surface area contributed by atoms with E-state index in [4.69, 9.17) is 5.73 Å². The van der Waals surface area contributed by atoms with Crippen LogP contribution in [-0.4, -0.2) is 53.8 Å². The quantitative estimate of drug-likeness (QED) is 0.835. The summed E-state index contributed by atoms with van der Waals surface area (Å²) >= 11 is 0. The summed E-state index contributed by atoms with van der Waals surface area (Å²) in [6, 6.07) is 5.83. The Morgan fingerprint density at radius 2 is 1.74 bits per heavy atom. The molecule has 0 radical (unpaired) electrons. The Kier molecular flexibility index (Phi) is 6.06. The maximum absolute atomic E-state index is 13.1. The van der Waals surface area contributed by atoms with Crippen LogP contribution in [0.4, 0.5) is 4.39 Å². The number of fused-ring (bicyclic) bond motifs is 1. The van der Waals surface area contributed by atoms with Gasteiger partial charge < -0.3 is 15.5 Å². The van der Waals surface area contributed by atoms with Gasteiger partial charge in [-0.15, -0.1) is 12.4 Å². The molecule has 5 nitrogen and oxygen atoms in total. The van der Waals surface area contributed by atoms with Gasteiger partial charge in [0.15, 0.2) is 0 Å². The first-order chi connectivity index (χ1) is 12.5. The van der Waals surface area contributed by atoms with Gasteiger partial charge >= 0.3 is 0 Å². The van der Waals surface area contributed by atoms with Gasteiger partial charge in [-0.25, -0.2) is 4.39 Å². The number of carbonyl (C=O) groups excluding carboxylic acids is 2. The van der Waals surface area contributed by atoms with Crippen LogP contribution in [-0.2, 0) is 4.79 Å². The van der Waals surface area contributed by atoms with Crippen LogP contribution in [0.1, 0.15) is 36.0 Å². The molecule has 1 aliphatic carbocycles. The topological polar surface area (TPSA) is 66.6 Å². The Bertz CT molecular complexity index is 699. The summed E-state index contributed by atoms with van der Waals surface area (Å²) in [6.07, 6.45) is 3.84. The molecule has 2 aliphatic heterocycles. The zero-order valence-corrected chi connectivity index (χ0v) is 16.2. The molecule has 2 saturated heterocycles. The minimum absolute atomic E-state index is 0. The highest BCUT2D eigenvalue weighted by molar-refractivity contribution is 5.94. The molecule has 0 bridgehead atoms. The SMILES string of the molecule is Cl.NC1CCC2CN(C(=O)C3CCCN(C(=O)c4ccc(F)cc4)C3)CC12. The molecule has 148 valence electrons. The second-order valence-electron chi connectivity index (χ2n) is 8.01. The van der Waals surface area contributed by atoms with Gasteiger partial charge in [0, 0.05) is 37.8 Å². The maximum Gasteiger partial charge on any atom is 0.253 e. The number of benzene rings is 1. The standard InChI is InChI=1S/C20H26FN3O2.ClH/c21-16-6-3-13(4-7-16)19(25)23-9-1-2-15(11-23)20(26)24-10-14-5-8-18(22)17(14)12-24;/h3-4,6-7,14-15,17-18H,1-2,5,8-12,22H2;1H. The summed E-state index contributed by atoms with van der Waals surface area (Å²) in [7, 11) is 0. The second kappa shape index (κ2) is 8.15. The summed E-state index contributed by atoms with van der Waals surface area (Å²) in [5.74, 6) is 0.550. The van der Waals surface area contributed by atoms with Crippen LogP contribution < -0.4 is 5.73 Å². The molecule has 2 N–H and O–H groups in total. The molecule has 4 atom stereocenters. The molecule has 1 saturated carbocycles. The summed E-state index contributed by atoms with van der Waals surface area (Å²) in [5, 5.41) is 0. The van der Waals surface area contributed by atoms with Crippen LogP contribution in [0.25, 0.3) is 0 Å². The van der Waals surface area contributed by atoms with Crippen LogP contribution >= 0.6 is 12.4 Å².